The molecular weight excluding hydrogens is 880 g/mol. The van der Waals surface area contributed by atoms with E-state index in [0.717, 1.165) is 74.1 Å². The van der Waals surface area contributed by atoms with E-state index in [-0.39, 0.29) is 32.8 Å². The normalized spacial score (nSPS) is 19.5. The van der Waals surface area contributed by atoms with Gasteiger partial charge in [-0.1, -0.05) is 54.5 Å². The van der Waals surface area contributed by atoms with Gasteiger partial charge < -0.3 is 34.3 Å². The molecule has 64 heavy (non-hydrogen) atoms. The van der Waals surface area contributed by atoms with Crippen molar-refractivity contribution in [2.24, 2.45) is 5.41 Å². The molecule has 4 aliphatic rings. The number of halogens is 1. The van der Waals surface area contributed by atoms with Gasteiger partial charge in [0.05, 0.1) is 48.7 Å². The summed E-state index contributed by atoms with van der Waals surface area (Å²) >= 11 is 6.94. The lowest BCUT2D eigenvalue weighted by Crippen LogP contribution is -2.47. The Morgan fingerprint density at radius 2 is 1.84 bits per heavy atom. The Kier molecular flexibility index (Phi) is 12.6. The van der Waals surface area contributed by atoms with Crippen LogP contribution in [0.4, 0.5) is 27.8 Å². The quantitative estimate of drug-likeness (QED) is 0.0813. The first-order valence-electron chi connectivity index (χ1n) is 21.6. The monoisotopic (exact) mass is 930 g/mol. The number of aromatic nitrogens is 2. The lowest BCUT2D eigenvalue weighted by Gasteiger charge is -2.39. The summed E-state index contributed by atoms with van der Waals surface area (Å²) in [6, 6.07) is 18.5. The Balaban J connectivity index is 0.989. The fourth-order valence-corrected chi connectivity index (χ4v) is 11.3. The number of amides is 1. The maximum Gasteiger partial charge on any atom is 0.304 e. The third-order valence-corrected chi connectivity index (χ3v) is 15.5. The average Bonchev–Trinajstić information content (AvgIpc) is 3.89. The van der Waals surface area contributed by atoms with Crippen molar-refractivity contribution in [2.45, 2.75) is 49.8 Å². The summed E-state index contributed by atoms with van der Waals surface area (Å²) in [6.07, 6.45) is 5.23. The van der Waals surface area contributed by atoms with E-state index in [1.807, 2.05) is 41.3 Å². The van der Waals surface area contributed by atoms with Crippen LogP contribution in [-0.4, -0.2) is 112 Å². The molecule has 3 aromatic heterocycles. The van der Waals surface area contributed by atoms with Crippen LogP contribution >= 0.6 is 22.9 Å². The number of fused-ring (bicyclic) bond motifs is 2. The number of nitro groups is 1. The molecule has 0 saturated carbocycles. The van der Waals surface area contributed by atoms with Gasteiger partial charge in [0.2, 0.25) is 5.88 Å². The number of ether oxygens (including phenoxy) is 3. The Morgan fingerprint density at radius 1 is 1.03 bits per heavy atom. The third-order valence-electron chi connectivity index (χ3n) is 12.3. The number of carbonyl (C=O) groups is 1. The smallest absolute Gasteiger partial charge is 0.304 e. The Hall–Kier alpha value is -5.24. The summed E-state index contributed by atoms with van der Waals surface area (Å²) in [5.41, 5.74) is 6.68. The van der Waals surface area contributed by atoms with E-state index in [2.05, 4.69) is 50.8 Å². The topological polar surface area (TPSA) is 184 Å². The number of sulfonamides is 1. The van der Waals surface area contributed by atoms with E-state index in [1.165, 1.54) is 16.7 Å². The summed E-state index contributed by atoms with van der Waals surface area (Å²) in [5, 5.41) is 16.6. The van der Waals surface area contributed by atoms with Crippen LogP contribution in [0.5, 0.6) is 5.88 Å². The number of piperazine rings is 1. The first kappa shape index (κ1) is 44.0. The standard InChI is InChI=1S/C45H51ClN8O8S2/c1-45(2)12-10-31(36(25-45)29-4-6-32(46)7-5-29)27-51-15-17-52(18-16-51)33-8-9-35(37(23-33)53-14-3-19-62-43-38(53)22-30-11-13-47-41(30)49-43)42(55)50-64(58,59)40-24-39(54(56)57)44(63-40)48-26-34-28-60-20-21-61-34/h4-9,11,13,22-24,34,48H,3,10,12,14-21,25-28H2,1-2H3,(H,47,49)(H,50,55)/t34-/m0/s1. The van der Waals surface area contributed by atoms with Crippen LogP contribution < -0.4 is 24.6 Å². The summed E-state index contributed by atoms with van der Waals surface area (Å²) in [4.78, 5) is 40.4. The fourth-order valence-electron chi connectivity index (χ4n) is 8.89. The molecule has 9 rings (SSSR count). The molecule has 2 fully saturated rings. The predicted molar refractivity (Wildman–Crippen MR) is 249 cm³/mol. The SMILES string of the molecule is CC1(C)CCC(CN2CCN(c3ccc(C(=O)NS(=O)(=O)c4cc([N+](=O)[O-])c(NC[C@H]5COCCO5)s4)c(N4CCCOc5nc6[nH]ccc6cc54)c3)CC2)=C(c2ccc(Cl)cc2)C1. The molecule has 19 heteroatoms. The number of anilines is 4. The highest BCUT2D eigenvalue weighted by Gasteiger charge is 2.33. The number of aromatic amines is 1. The van der Waals surface area contributed by atoms with Crippen molar-refractivity contribution < 1.29 is 32.3 Å². The molecule has 0 unspecified atom stereocenters. The first-order chi connectivity index (χ1) is 30.8. The number of carbonyl (C=O) groups excluding carboxylic acids is 1. The average molecular weight is 932 g/mol. The zero-order valence-electron chi connectivity index (χ0n) is 35.7. The molecule has 1 aliphatic carbocycles. The van der Waals surface area contributed by atoms with Crippen LogP contribution in [0, 0.1) is 15.5 Å². The Labute approximate surface area is 380 Å². The second-order valence-corrected chi connectivity index (χ2v) is 20.8. The van der Waals surface area contributed by atoms with Gasteiger partial charge in [-0.25, -0.2) is 13.1 Å². The second-order valence-electron chi connectivity index (χ2n) is 17.4. The largest absolute Gasteiger partial charge is 0.476 e. The molecule has 0 spiro atoms. The zero-order chi connectivity index (χ0) is 44.6. The van der Waals surface area contributed by atoms with Crippen molar-refractivity contribution in [1.29, 1.82) is 0 Å². The molecule has 0 bridgehead atoms. The minimum Gasteiger partial charge on any atom is -0.476 e. The first-order valence-corrected chi connectivity index (χ1v) is 24.2. The fraction of sp³-hybridized carbons (Fsp3) is 0.422. The number of rotatable bonds is 12. The van der Waals surface area contributed by atoms with Gasteiger partial charge in [0, 0.05) is 74.2 Å². The van der Waals surface area contributed by atoms with Crippen LogP contribution in [0.15, 0.2) is 76.6 Å². The number of thiophene rings is 1. The molecule has 1 atom stereocenters. The van der Waals surface area contributed by atoms with Crippen molar-refractivity contribution in [3.05, 3.63) is 98.7 Å². The summed E-state index contributed by atoms with van der Waals surface area (Å²) in [5.74, 6) is -0.493. The van der Waals surface area contributed by atoms with Crippen molar-refractivity contribution >= 4 is 83.2 Å². The van der Waals surface area contributed by atoms with Crippen molar-refractivity contribution in [2.75, 3.05) is 87.4 Å². The second kappa shape index (κ2) is 18.3. The molecule has 2 saturated heterocycles. The van der Waals surface area contributed by atoms with Gasteiger partial charge in [-0.3, -0.25) is 19.8 Å². The molecule has 3 aliphatic heterocycles. The van der Waals surface area contributed by atoms with Gasteiger partial charge in [-0.05, 0) is 84.7 Å². The minimum absolute atomic E-state index is 0.0308. The zero-order valence-corrected chi connectivity index (χ0v) is 38.1. The highest BCUT2D eigenvalue weighted by atomic mass is 35.5. The van der Waals surface area contributed by atoms with Crippen molar-refractivity contribution in [3.8, 4) is 5.88 Å². The van der Waals surface area contributed by atoms with Crippen LogP contribution in [0.1, 0.15) is 55.5 Å². The summed E-state index contributed by atoms with van der Waals surface area (Å²) in [7, 11) is -4.57. The lowest BCUT2D eigenvalue weighted by atomic mass is 9.72. The number of nitrogens with one attached hydrogen (secondary N) is 3. The minimum atomic E-state index is -4.57. The third kappa shape index (κ3) is 9.58. The van der Waals surface area contributed by atoms with Crippen molar-refractivity contribution in [3.63, 3.8) is 0 Å². The van der Waals surface area contributed by atoms with Gasteiger partial charge in [-0.2, -0.15) is 4.98 Å². The number of hydrogen-bond acceptors (Lipinski definition) is 14. The molecule has 16 nitrogen and oxygen atoms in total. The molecule has 338 valence electrons. The number of allylic oxidation sites excluding steroid dienone is 1. The van der Waals surface area contributed by atoms with E-state index < -0.39 is 26.5 Å². The number of pyridine rings is 1. The Morgan fingerprint density at radius 3 is 2.61 bits per heavy atom. The van der Waals surface area contributed by atoms with Crippen molar-refractivity contribution in [1.82, 2.24) is 19.6 Å². The maximum absolute atomic E-state index is 14.4. The Bertz CT molecular complexity index is 2690. The van der Waals surface area contributed by atoms with Gasteiger partial charge in [-0.15, -0.1) is 0 Å². The maximum atomic E-state index is 14.4. The van der Waals surface area contributed by atoms with E-state index in [0.29, 0.717) is 73.6 Å². The van der Waals surface area contributed by atoms with E-state index in [9.17, 15) is 23.3 Å². The molecule has 6 heterocycles. The van der Waals surface area contributed by atoms with Crippen LogP contribution in [0.2, 0.25) is 5.02 Å². The molecule has 3 N–H and O–H groups in total. The van der Waals surface area contributed by atoms with Gasteiger partial charge in [0.1, 0.15) is 15.5 Å². The molecule has 5 aromatic rings. The number of nitrogens with zero attached hydrogens (tertiary/aromatic N) is 5. The summed E-state index contributed by atoms with van der Waals surface area (Å²) in [6.45, 7) is 10.9. The molecule has 2 aromatic carbocycles. The van der Waals surface area contributed by atoms with Crippen LogP contribution in [0.3, 0.4) is 0 Å². The van der Waals surface area contributed by atoms with Crippen LogP contribution in [-0.2, 0) is 19.5 Å². The van der Waals surface area contributed by atoms with E-state index in [1.54, 1.807) is 12.3 Å². The number of hydrogen-bond donors (Lipinski definition) is 3. The summed E-state index contributed by atoms with van der Waals surface area (Å²) < 4.78 is 46.8. The number of H-pyrrole nitrogens is 1. The molecule has 1 amide bonds. The highest BCUT2D eigenvalue weighted by molar-refractivity contribution is 7.92. The van der Waals surface area contributed by atoms with Gasteiger partial charge in [0.25, 0.3) is 15.9 Å². The van der Waals surface area contributed by atoms with Crippen LogP contribution in [0.25, 0.3) is 16.6 Å². The number of benzene rings is 2. The molecular formula is C45H51ClN8O8S2. The van der Waals surface area contributed by atoms with E-state index in [4.69, 9.17) is 30.8 Å². The predicted octanol–water partition coefficient (Wildman–Crippen LogP) is 7.84. The highest BCUT2D eigenvalue weighted by Crippen LogP contribution is 2.44. The molecule has 0 radical (unpaired) electrons. The van der Waals surface area contributed by atoms with Gasteiger partial charge >= 0.3 is 5.69 Å². The van der Waals surface area contributed by atoms with Gasteiger partial charge in [0.15, 0.2) is 5.00 Å². The van der Waals surface area contributed by atoms with E-state index >= 15 is 0 Å². The lowest BCUT2D eigenvalue weighted by molar-refractivity contribution is -0.383.